The molecule has 2 heterocycles. The molecule has 0 aliphatic carbocycles. The molecule has 1 amide bonds. The van der Waals surface area contributed by atoms with Crippen LogP contribution in [0.5, 0.6) is 0 Å². The second kappa shape index (κ2) is 19.6. The predicted octanol–water partition coefficient (Wildman–Crippen LogP) is 6.08. The quantitative estimate of drug-likeness (QED) is 0.103. The summed E-state index contributed by atoms with van der Waals surface area (Å²) in [6.07, 6.45) is 15.7. The Labute approximate surface area is 234 Å². The highest BCUT2D eigenvalue weighted by atomic mass is 16.9. The molecule has 0 atom stereocenters. The number of rotatable bonds is 21. The Bertz CT molecular complexity index is 800. The number of carbonyl (C=O) groups is 1. The number of pyridine rings is 1. The van der Waals surface area contributed by atoms with Crippen LogP contribution in [0.2, 0.25) is 0 Å². The number of hydrogen-bond donors (Lipinski definition) is 0. The first-order valence-corrected chi connectivity index (χ1v) is 15.1. The first-order chi connectivity index (χ1) is 18.9. The molecule has 1 aliphatic heterocycles. The van der Waals surface area contributed by atoms with Crippen molar-refractivity contribution < 1.29 is 14.7 Å². The van der Waals surface area contributed by atoms with Crippen LogP contribution < -0.4 is 4.90 Å². The SMILES string of the molecule is CC(C)CN1CCN(c2ccc(C(=O)N([O-])CCCCCCCCCCCCCCCO[N+](=O)[O-])cn2)CC1. The van der Waals surface area contributed by atoms with Crippen molar-refractivity contribution in [1.29, 1.82) is 0 Å². The molecule has 1 aliphatic rings. The third-order valence-corrected chi connectivity index (χ3v) is 7.24. The fourth-order valence-corrected chi connectivity index (χ4v) is 5.06. The molecule has 0 bridgehead atoms. The normalized spacial score (nSPS) is 14.1. The van der Waals surface area contributed by atoms with Crippen LogP contribution in [0.25, 0.3) is 0 Å². The Hall–Kier alpha value is -2.46. The second-order valence-corrected chi connectivity index (χ2v) is 11.1. The van der Waals surface area contributed by atoms with Crippen LogP contribution >= 0.6 is 0 Å². The first-order valence-electron chi connectivity index (χ1n) is 15.1. The molecule has 1 aromatic rings. The van der Waals surface area contributed by atoms with E-state index >= 15 is 0 Å². The van der Waals surface area contributed by atoms with Gasteiger partial charge in [-0.05, 0) is 30.9 Å². The Morgan fingerprint density at radius 1 is 0.923 bits per heavy atom. The highest BCUT2D eigenvalue weighted by Gasteiger charge is 2.19. The first kappa shape index (κ1) is 32.8. The predicted molar refractivity (Wildman–Crippen MR) is 155 cm³/mol. The van der Waals surface area contributed by atoms with Gasteiger partial charge >= 0.3 is 0 Å². The van der Waals surface area contributed by atoms with E-state index in [0.717, 1.165) is 77.1 Å². The molecule has 1 saturated heterocycles. The summed E-state index contributed by atoms with van der Waals surface area (Å²) in [5.41, 5.74) is 0.357. The lowest BCUT2D eigenvalue weighted by Crippen LogP contribution is -2.47. The van der Waals surface area contributed by atoms with E-state index in [4.69, 9.17) is 0 Å². The van der Waals surface area contributed by atoms with Gasteiger partial charge in [0.15, 0.2) is 0 Å². The van der Waals surface area contributed by atoms with Crippen LogP contribution in [0.3, 0.4) is 0 Å². The summed E-state index contributed by atoms with van der Waals surface area (Å²) in [7, 11) is 0. The fourth-order valence-electron chi connectivity index (χ4n) is 5.06. The number of aromatic nitrogens is 1. The lowest BCUT2D eigenvalue weighted by atomic mass is 10.0. The van der Waals surface area contributed by atoms with Crippen molar-refractivity contribution in [3.05, 3.63) is 39.2 Å². The number of hydrogen-bond acceptors (Lipinski definition) is 8. The van der Waals surface area contributed by atoms with Crippen LogP contribution in [-0.2, 0) is 4.84 Å². The summed E-state index contributed by atoms with van der Waals surface area (Å²) in [5.74, 6) is 1.03. The third-order valence-electron chi connectivity index (χ3n) is 7.24. The van der Waals surface area contributed by atoms with Crippen molar-refractivity contribution in [2.75, 3.05) is 50.8 Å². The zero-order valence-corrected chi connectivity index (χ0v) is 24.2. The van der Waals surface area contributed by atoms with Gasteiger partial charge in [-0.3, -0.25) is 9.69 Å². The summed E-state index contributed by atoms with van der Waals surface area (Å²) >= 11 is 0. The molecular weight excluding hydrogens is 498 g/mol. The summed E-state index contributed by atoms with van der Waals surface area (Å²) in [6, 6.07) is 3.59. The summed E-state index contributed by atoms with van der Waals surface area (Å²) < 4.78 is 0. The van der Waals surface area contributed by atoms with Gasteiger partial charge in [0.05, 0.1) is 12.2 Å². The van der Waals surface area contributed by atoms with E-state index in [1.54, 1.807) is 6.07 Å². The summed E-state index contributed by atoms with van der Waals surface area (Å²) in [4.78, 5) is 36.1. The van der Waals surface area contributed by atoms with Crippen LogP contribution in [0, 0.1) is 21.2 Å². The van der Waals surface area contributed by atoms with Crippen molar-refractivity contribution in [3.8, 4) is 0 Å². The number of anilines is 1. The number of nitrogens with zero attached hydrogens (tertiary/aromatic N) is 5. The molecule has 2 rings (SSSR count). The molecule has 0 saturated carbocycles. The maximum atomic E-state index is 12.5. The van der Waals surface area contributed by atoms with Gasteiger partial charge in [-0.1, -0.05) is 84.5 Å². The zero-order chi connectivity index (χ0) is 28.3. The van der Waals surface area contributed by atoms with E-state index in [1.165, 1.54) is 51.1 Å². The van der Waals surface area contributed by atoms with Crippen molar-refractivity contribution >= 4 is 11.7 Å². The van der Waals surface area contributed by atoms with Gasteiger partial charge < -0.3 is 20.0 Å². The van der Waals surface area contributed by atoms with E-state index in [1.807, 2.05) is 6.07 Å². The molecule has 39 heavy (non-hydrogen) atoms. The number of carbonyl (C=O) groups excluding carboxylic acids is 1. The monoisotopic (exact) mass is 548 g/mol. The van der Waals surface area contributed by atoms with E-state index in [2.05, 4.69) is 33.5 Å². The van der Waals surface area contributed by atoms with Crippen LogP contribution in [0.4, 0.5) is 5.82 Å². The lowest BCUT2D eigenvalue weighted by molar-refractivity contribution is -0.757. The van der Waals surface area contributed by atoms with Crippen LogP contribution in [0.15, 0.2) is 18.3 Å². The van der Waals surface area contributed by atoms with Gasteiger partial charge in [-0.25, -0.2) is 4.98 Å². The van der Waals surface area contributed by atoms with Gasteiger partial charge in [0.25, 0.3) is 5.09 Å². The zero-order valence-electron chi connectivity index (χ0n) is 24.2. The number of piperazine rings is 1. The highest BCUT2D eigenvalue weighted by Crippen LogP contribution is 2.17. The van der Waals surface area contributed by atoms with Crippen molar-refractivity contribution in [2.24, 2.45) is 5.92 Å². The van der Waals surface area contributed by atoms with Crippen LogP contribution in [0.1, 0.15) is 108 Å². The number of unbranched alkanes of at least 4 members (excludes halogenated alkanes) is 12. The minimum atomic E-state index is -0.728. The minimum absolute atomic E-state index is 0.207. The topological polar surface area (TPSA) is 115 Å². The molecular formula is C29H50N5O5-. The molecule has 222 valence electrons. The van der Waals surface area contributed by atoms with Crippen molar-refractivity contribution in [3.63, 3.8) is 0 Å². The lowest BCUT2D eigenvalue weighted by Gasteiger charge is -2.36. The summed E-state index contributed by atoms with van der Waals surface area (Å²) in [6.45, 7) is 9.92. The standard InChI is InChI=1S/C29H50N5O5/c1-26(2)25-31-19-21-32(22-20-31)28-17-16-27(24-30-28)29(35)33(36)18-14-12-10-8-6-4-3-5-7-9-11-13-15-23-39-34(37)38/h16-17,24,26H,3-15,18-23,25H2,1-2H3/q-1. The van der Waals surface area contributed by atoms with Crippen molar-refractivity contribution in [2.45, 2.75) is 97.3 Å². The smallest absolute Gasteiger partial charge is 0.294 e. The Kier molecular flexibility index (Phi) is 16.4. The average molecular weight is 549 g/mol. The van der Waals surface area contributed by atoms with E-state index in [9.17, 15) is 20.1 Å². The Balaban J connectivity index is 1.45. The third kappa shape index (κ3) is 14.5. The largest absolute Gasteiger partial charge is 0.756 e. The molecule has 10 heteroatoms. The molecule has 0 unspecified atom stereocenters. The summed E-state index contributed by atoms with van der Waals surface area (Å²) in [5, 5.41) is 22.2. The van der Waals surface area contributed by atoms with Crippen LogP contribution in [-0.4, -0.2) is 71.8 Å². The average Bonchev–Trinajstić information content (AvgIpc) is 2.92. The Morgan fingerprint density at radius 2 is 1.46 bits per heavy atom. The molecule has 0 radical (unpaired) electrons. The molecule has 10 nitrogen and oxygen atoms in total. The van der Waals surface area contributed by atoms with E-state index in [-0.39, 0.29) is 13.2 Å². The molecule has 0 aromatic carbocycles. The van der Waals surface area contributed by atoms with Gasteiger partial charge in [-0.15, -0.1) is 10.1 Å². The van der Waals surface area contributed by atoms with Gasteiger partial charge in [-0.2, -0.15) is 0 Å². The molecule has 0 N–H and O–H groups in total. The fraction of sp³-hybridized carbons (Fsp3) is 0.793. The van der Waals surface area contributed by atoms with E-state index < -0.39 is 11.0 Å². The minimum Gasteiger partial charge on any atom is -0.756 e. The Morgan fingerprint density at radius 3 is 1.95 bits per heavy atom. The second-order valence-electron chi connectivity index (χ2n) is 11.1. The van der Waals surface area contributed by atoms with Gasteiger partial charge in [0.2, 0.25) is 5.91 Å². The molecule has 0 spiro atoms. The highest BCUT2D eigenvalue weighted by molar-refractivity contribution is 5.94. The van der Waals surface area contributed by atoms with E-state index in [0.29, 0.717) is 16.5 Å². The maximum absolute atomic E-state index is 12.5. The van der Waals surface area contributed by atoms with Crippen molar-refractivity contribution in [1.82, 2.24) is 14.9 Å². The molecule has 1 fully saturated rings. The molecule has 1 aromatic heterocycles. The number of amides is 1. The van der Waals surface area contributed by atoms with Gasteiger partial charge in [0, 0.05) is 45.5 Å². The number of hydroxylamine groups is 2. The maximum Gasteiger partial charge on any atom is 0.294 e. The van der Waals surface area contributed by atoms with Gasteiger partial charge in [0.1, 0.15) is 5.82 Å².